The lowest BCUT2D eigenvalue weighted by Crippen LogP contribution is -2.27. The van der Waals surface area contributed by atoms with Gasteiger partial charge in [-0.15, -0.1) is 0 Å². The van der Waals surface area contributed by atoms with Crippen LogP contribution in [-0.2, 0) is 0 Å². The summed E-state index contributed by atoms with van der Waals surface area (Å²) in [5.74, 6) is 2.35. The molecule has 0 spiro atoms. The van der Waals surface area contributed by atoms with Crippen molar-refractivity contribution in [2.45, 2.75) is 19.9 Å². The molecule has 2 N–H and O–H groups in total. The molecule has 5 rings (SSSR count). The van der Waals surface area contributed by atoms with Crippen LogP contribution in [0, 0.1) is 13.8 Å². The highest BCUT2D eigenvalue weighted by Gasteiger charge is 2.23. The number of fused-ring (bicyclic) bond motifs is 1. The van der Waals surface area contributed by atoms with Crippen molar-refractivity contribution in [1.29, 1.82) is 0 Å². The van der Waals surface area contributed by atoms with Gasteiger partial charge in [-0.05, 0) is 42.7 Å². The number of hydrogen-bond acceptors (Lipinski definition) is 7. The van der Waals surface area contributed by atoms with E-state index in [1.807, 2.05) is 32.0 Å². The second kappa shape index (κ2) is 10.6. The summed E-state index contributed by atoms with van der Waals surface area (Å²) >= 11 is 0. The number of aromatic amines is 1. The molecule has 1 aromatic heterocycles. The topological polar surface area (TPSA) is 88.7 Å². The molecule has 1 fully saturated rings. The van der Waals surface area contributed by atoms with Crippen LogP contribution >= 0.6 is 0 Å². The van der Waals surface area contributed by atoms with Gasteiger partial charge in [-0.2, -0.15) is 0 Å². The molecule has 2 heterocycles. The number of benzene rings is 3. The summed E-state index contributed by atoms with van der Waals surface area (Å²) < 4.78 is 17.0. The molecule has 8 heteroatoms. The van der Waals surface area contributed by atoms with Gasteiger partial charge in [0.25, 0.3) is 5.56 Å². The molecule has 3 aromatic carbocycles. The highest BCUT2D eigenvalue weighted by atomic mass is 16.5. The largest absolute Gasteiger partial charge is 0.497 e. The summed E-state index contributed by atoms with van der Waals surface area (Å²) in [5, 5.41) is 3.97. The van der Waals surface area contributed by atoms with Crippen LogP contribution in [0.5, 0.6) is 17.2 Å². The Morgan fingerprint density at radius 3 is 2.49 bits per heavy atom. The van der Waals surface area contributed by atoms with E-state index in [4.69, 9.17) is 19.2 Å². The fraction of sp³-hybridized carbons (Fsp3) is 0.310. The fourth-order valence-electron chi connectivity index (χ4n) is 4.92. The molecule has 0 saturated carbocycles. The van der Waals surface area contributed by atoms with Crippen molar-refractivity contribution in [3.05, 3.63) is 81.6 Å². The Labute approximate surface area is 216 Å². The quantitative estimate of drug-likeness (QED) is 0.375. The van der Waals surface area contributed by atoms with Crippen molar-refractivity contribution in [2.24, 2.45) is 0 Å². The molecule has 37 heavy (non-hydrogen) atoms. The summed E-state index contributed by atoms with van der Waals surface area (Å²) in [4.78, 5) is 22.9. The number of hydrogen-bond donors (Lipinski definition) is 2. The first-order valence-electron chi connectivity index (χ1n) is 12.4. The van der Waals surface area contributed by atoms with Gasteiger partial charge < -0.3 is 19.2 Å². The predicted molar refractivity (Wildman–Crippen MR) is 145 cm³/mol. The van der Waals surface area contributed by atoms with E-state index in [2.05, 4.69) is 39.5 Å². The number of nitrogens with one attached hydrogen (secondary N) is 2. The minimum absolute atomic E-state index is 0.261. The number of H-pyrrole nitrogens is 1. The fourth-order valence-corrected chi connectivity index (χ4v) is 4.92. The molecule has 0 bridgehead atoms. The maximum absolute atomic E-state index is 12.9. The van der Waals surface area contributed by atoms with Crippen LogP contribution in [0.15, 0.2) is 59.4 Å². The third-order valence-electron chi connectivity index (χ3n) is 6.79. The first-order valence-corrected chi connectivity index (χ1v) is 12.4. The lowest BCUT2D eigenvalue weighted by Gasteiger charge is -2.18. The molecule has 4 aromatic rings. The molecule has 0 aliphatic carbocycles. The molecular formula is C29H32N4O4. The van der Waals surface area contributed by atoms with Crippen molar-refractivity contribution in [3.63, 3.8) is 0 Å². The first-order chi connectivity index (χ1) is 18.0. The van der Waals surface area contributed by atoms with E-state index in [0.717, 1.165) is 42.2 Å². The van der Waals surface area contributed by atoms with E-state index in [0.29, 0.717) is 40.9 Å². The van der Waals surface area contributed by atoms with E-state index in [1.165, 1.54) is 12.7 Å². The first kappa shape index (κ1) is 24.8. The van der Waals surface area contributed by atoms with Crippen molar-refractivity contribution >= 4 is 10.9 Å². The minimum Gasteiger partial charge on any atom is -0.497 e. The smallest absolute Gasteiger partial charge is 0.262 e. The summed E-state index contributed by atoms with van der Waals surface area (Å²) in [7, 11) is 3.09. The van der Waals surface area contributed by atoms with Crippen LogP contribution < -0.4 is 25.1 Å². The van der Waals surface area contributed by atoms with Crippen LogP contribution in [-0.4, -0.2) is 55.5 Å². The van der Waals surface area contributed by atoms with E-state index in [9.17, 15) is 4.79 Å². The van der Waals surface area contributed by atoms with Gasteiger partial charge in [-0.3, -0.25) is 15.0 Å². The molecule has 1 saturated heterocycles. The second-order valence-corrected chi connectivity index (χ2v) is 9.33. The highest BCUT2D eigenvalue weighted by molar-refractivity contribution is 5.87. The summed E-state index contributed by atoms with van der Waals surface area (Å²) in [6.45, 7) is 7.26. The van der Waals surface area contributed by atoms with Gasteiger partial charge in [-0.25, -0.2) is 4.98 Å². The molecule has 0 amide bonds. The third-order valence-corrected chi connectivity index (χ3v) is 6.79. The van der Waals surface area contributed by atoms with Crippen molar-refractivity contribution < 1.29 is 14.2 Å². The Balaban J connectivity index is 1.30. The zero-order valence-electron chi connectivity index (χ0n) is 21.6. The van der Waals surface area contributed by atoms with E-state index in [1.54, 1.807) is 19.2 Å². The maximum atomic E-state index is 12.9. The van der Waals surface area contributed by atoms with Crippen molar-refractivity contribution in [1.82, 2.24) is 20.2 Å². The van der Waals surface area contributed by atoms with Crippen LogP contribution in [0.2, 0.25) is 0 Å². The normalized spacial score (nSPS) is 15.7. The number of nitrogens with zero attached hydrogens (tertiary/aromatic N) is 2. The van der Waals surface area contributed by atoms with Gasteiger partial charge in [0, 0.05) is 43.5 Å². The van der Waals surface area contributed by atoms with E-state index in [-0.39, 0.29) is 5.56 Å². The standard InChI is InChI=1S/C29H32N4O4/c1-18-12-21(28-31-23-14-22(35-3)15-25(36-4)26(23)29(34)32-28)13-19(2)27(18)37-11-10-33-16-24(30-17-33)20-8-6-5-7-9-20/h5-9,12-15,24,30H,10-11,16-17H2,1-4H3,(H,31,32,34). The zero-order chi connectivity index (χ0) is 25.9. The van der Waals surface area contributed by atoms with Crippen molar-refractivity contribution in [3.8, 4) is 28.6 Å². The average Bonchev–Trinajstić information content (AvgIpc) is 3.38. The molecule has 1 aliphatic rings. The lowest BCUT2D eigenvalue weighted by molar-refractivity contribution is 0.233. The van der Waals surface area contributed by atoms with Gasteiger partial charge in [0.2, 0.25) is 0 Å². The Morgan fingerprint density at radius 1 is 1.03 bits per heavy atom. The zero-order valence-corrected chi connectivity index (χ0v) is 21.6. The summed E-state index contributed by atoms with van der Waals surface area (Å²) in [6.07, 6.45) is 0. The van der Waals surface area contributed by atoms with E-state index >= 15 is 0 Å². The maximum Gasteiger partial charge on any atom is 0.262 e. The number of rotatable bonds is 8. The molecular weight excluding hydrogens is 468 g/mol. The van der Waals surface area contributed by atoms with Gasteiger partial charge >= 0.3 is 0 Å². The molecule has 1 aliphatic heterocycles. The van der Waals surface area contributed by atoms with Gasteiger partial charge in [-0.1, -0.05) is 30.3 Å². The SMILES string of the molecule is COc1cc(OC)c2c(=O)[nH]c(-c3cc(C)c(OCCN4CNC(c5ccccc5)C4)c(C)c3)nc2c1. The van der Waals surface area contributed by atoms with Crippen LogP contribution in [0.25, 0.3) is 22.3 Å². The highest BCUT2D eigenvalue weighted by Crippen LogP contribution is 2.31. The number of aryl methyl sites for hydroxylation is 2. The summed E-state index contributed by atoms with van der Waals surface area (Å²) in [6, 6.07) is 18.3. The average molecular weight is 501 g/mol. The van der Waals surface area contributed by atoms with E-state index < -0.39 is 0 Å². The monoisotopic (exact) mass is 500 g/mol. The van der Waals surface area contributed by atoms with Gasteiger partial charge in [0.15, 0.2) is 0 Å². The summed E-state index contributed by atoms with van der Waals surface area (Å²) in [5.41, 5.74) is 4.36. The Bertz CT molecular complexity index is 1450. The predicted octanol–water partition coefficient (Wildman–Crippen LogP) is 4.21. The molecule has 0 radical (unpaired) electrons. The third kappa shape index (κ3) is 5.16. The molecule has 1 unspecified atom stereocenters. The lowest BCUT2D eigenvalue weighted by atomic mass is 10.0. The number of ether oxygens (including phenoxy) is 3. The van der Waals surface area contributed by atoms with Crippen LogP contribution in [0.1, 0.15) is 22.7 Å². The Morgan fingerprint density at radius 2 is 1.78 bits per heavy atom. The second-order valence-electron chi connectivity index (χ2n) is 9.33. The molecule has 1 atom stereocenters. The van der Waals surface area contributed by atoms with Crippen LogP contribution in [0.3, 0.4) is 0 Å². The van der Waals surface area contributed by atoms with Crippen molar-refractivity contribution in [2.75, 3.05) is 40.6 Å². The minimum atomic E-state index is -0.261. The Hall–Kier alpha value is -3.88. The number of methoxy groups -OCH3 is 2. The molecule has 8 nitrogen and oxygen atoms in total. The number of aromatic nitrogens is 2. The van der Waals surface area contributed by atoms with Gasteiger partial charge in [0.1, 0.15) is 35.1 Å². The van der Waals surface area contributed by atoms with Gasteiger partial charge in [0.05, 0.1) is 19.7 Å². The van der Waals surface area contributed by atoms with Crippen LogP contribution in [0.4, 0.5) is 0 Å². The Kier molecular flexibility index (Phi) is 7.12. The molecule has 192 valence electrons.